The summed E-state index contributed by atoms with van der Waals surface area (Å²) >= 11 is 0. The number of carbonyl (C=O) groups excluding carboxylic acids is 1. The number of hydrogen-bond donors (Lipinski definition) is 2. The van der Waals surface area contributed by atoms with Gasteiger partial charge < -0.3 is 15.8 Å². The van der Waals surface area contributed by atoms with E-state index in [0.29, 0.717) is 6.04 Å². The molecule has 0 spiro atoms. The van der Waals surface area contributed by atoms with Crippen molar-refractivity contribution in [3.63, 3.8) is 0 Å². The van der Waals surface area contributed by atoms with Gasteiger partial charge in [0.1, 0.15) is 6.04 Å². The van der Waals surface area contributed by atoms with Crippen LogP contribution in [0.5, 0.6) is 0 Å². The van der Waals surface area contributed by atoms with Crippen LogP contribution in [-0.4, -0.2) is 31.7 Å². The van der Waals surface area contributed by atoms with Crippen molar-refractivity contribution in [2.24, 2.45) is 11.7 Å². The van der Waals surface area contributed by atoms with E-state index in [1.165, 1.54) is 12.8 Å². The number of rotatable bonds is 4. The second kappa shape index (κ2) is 6.08. The van der Waals surface area contributed by atoms with Gasteiger partial charge in [-0.2, -0.15) is 0 Å². The summed E-state index contributed by atoms with van der Waals surface area (Å²) in [5.41, 5.74) is 5.64. The van der Waals surface area contributed by atoms with Crippen molar-refractivity contribution < 1.29 is 9.53 Å². The van der Waals surface area contributed by atoms with Crippen molar-refractivity contribution in [3.05, 3.63) is 0 Å². The van der Waals surface area contributed by atoms with E-state index >= 15 is 0 Å². The lowest BCUT2D eigenvalue weighted by molar-refractivity contribution is -0.124. The van der Waals surface area contributed by atoms with Crippen LogP contribution in [0.3, 0.4) is 0 Å². The van der Waals surface area contributed by atoms with E-state index < -0.39 is 6.04 Å². The van der Waals surface area contributed by atoms with E-state index in [1.54, 1.807) is 7.11 Å². The summed E-state index contributed by atoms with van der Waals surface area (Å²) in [5.74, 6) is 0.710. The molecule has 3 N–H and O–H groups in total. The van der Waals surface area contributed by atoms with Gasteiger partial charge in [0, 0.05) is 13.2 Å². The third-order valence-electron chi connectivity index (χ3n) is 3.05. The van der Waals surface area contributed by atoms with Gasteiger partial charge in [-0.1, -0.05) is 6.92 Å². The Kier molecular flexibility index (Phi) is 5.05. The summed E-state index contributed by atoms with van der Waals surface area (Å²) in [5, 5.41) is 2.98. The highest BCUT2D eigenvalue weighted by Crippen LogP contribution is 2.23. The minimum atomic E-state index is -0.533. The van der Waals surface area contributed by atoms with Crippen molar-refractivity contribution in [2.75, 3.05) is 13.7 Å². The standard InChI is InChI=1S/C11H22N2O2/c1-8-3-5-9(6-4-8)13-11(14)10(12)7-15-2/h8-10H,3-7,12H2,1-2H3,(H,13,14). The highest BCUT2D eigenvalue weighted by Gasteiger charge is 2.22. The molecule has 0 bridgehead atoms. The lowest BCUT2D eigenvalue weighted by Crippen LogP contribution is -2.48. The quantitative estimate of drug-likeness (QED) is 0.722. The Hall–Kier alpha value is -0.610. The minimum absolute atomic E-state index is 0.0867. The van der Waals surface area contributed by atoms with Crippen LogP contribution >= 0.6 is 0 Å². The van der Waals surface area contributed by atoms with E-state index in [9.17, 15) is 4.79 Å². The molecular weight excluding hydrogens is 192 g/mol. The molecule has 88 valence electrons. The number of carbonyl (C=O) groups is 1. The first-order chi connectivity index (χ1) is 7.13. The molecule has 0 radical (unpaired) electrons. The Labute approximate surface area is 91.5 Å². The number of ether oxygens (including phenoxy) is 1. The third kappa shape index (κ3) is 4.18. The molecule has 1 unspecified atom stereocenters. The molecule has 1 fully saturated rings. The topological polar surface area (TPSA) is 64.3 Å². The fourth-order valence-electron chi connectivity index (χ4n) is 1.97. The largest absolute Gasteiger partial charge is 0.383 e. The predicted molar refractivity (Wildman–Crippen MR) is 59.4 cm³/mol. The van der Waals surface area contributed by atoms with Crippen molar-refractivity contribution in [1.29, 1.82) is 0 Å². The Morgan fingerprint density at radius 1 is 1.47 bits per heavy atom. The number of amides is 1. The van der Waals surface area contributed by atoms with Crippen LogP contribution in [0.25, 0.3) is 0 Å². The maximum atomic E-state index is 11.6. The van der Waals surface area contributed by atoms with Crippen LogP contribution < -0.4 is 11.1 Å². The Morgan fingerprint density at radius 2 is 2.07 bits per heavy atom. The van der Waals surface area contributed by atoms with Gasteiger partial charge >= 0.3 is 0 Å². The van der Waals surface area contributed by atoms with E-state index in [-0.39, 0.29) is 12.5 Å². The normalized spacial score (nSPS) is 28.5. The lowest BCUT2D eigenvalue weighted by atomic mass is 9.87. The molecular formula is C11H22N2O2. The fraction of sp³-hybridized carbons (Fsp3) is 0.909. The summed E-state index contributed by atoms with van der Waals surface area (Å²) in [4.78, 5) is 11.6. The van der Waals surface area contributed by atoms with Crippen molar-refractivity contribution in [3.8, 4) is 0 Å². The summed E-state index contributed by atoms with van der Waals surface area (Å²) in [7, 11) is 1.55. The second-order valence-corrected chi connectivity index (χ2v) is 4.53. The molecule has 4 heteroatoms. The first-order valence-corrected chi connectivity index (χ1v) is 5.68. The maximum absolute atomic E-state index is 11.6. The van der Waals surface area contributed by atoms with Crippen LogP contribution in [0.4, 0.5) is 0 Å². The Morgan fingerprint density at radius 3 is 2.60 bits per heavy atom. The number of nitrogens with one attached hydrogen (secondary N) is 1. The van der Waals surface area contributed by atoms with Crippen LogP contribution in [0, 0.1) is 5.92 Å². The summed E-state index contributed by atoms with van der Waals surface area (Å²) < 4.78 is 4.85. The van der Waals surface area contributed by atoms with Gasteiger partial charge in [0.2, 0.25) is 5.91 Å². The molecule has 0 aliphatic heterocycles. The molecule has 1 saturated carbocycles. The van der Waals surface area contributed by atoms with E-state index in [0.717, 1.165) is 18.8 Å². The highest BCUT2D eigenvalue weighted by atomic mass is 16.5. The zero-order valence-electron chi connectivity index (χ0n) is 9.66. The van der Waals surface area contributed by atoms with Gasteiger partial charge in [-0.15, -0.1) is 0 Å². The summed E-state index contributed by atoms with van der Waals surface area (Å²) in [6.45, 7) is 2.55. The minimum Gasteiger partial charge on any atom is -0.383 e. The SMILES string of the molecule is COCC(N)C(=O)NC1CCC(C)CC1. The van der Waals surface area contributed by atoms with Gasteiger partial charge in [-0.3, -0.25) is 4.79 Å². The third-order valence-corrected chi connectivity index (χ3v) is 3.05. The lowest BCUT2D eigenvalue weighted by Gasteiger charge is -2.27. The Balaban J connectivity index is 2.25. The number of nitrogens with two attached hydrogens (primary N) is 1. The molecule has 1 aliphatic carbocycles. The molecule has 1 rings (SSSR count). The zero-order valence-corrected chi connectivity index (χ0v) is 9.66. The van der Waals surface area contributed by atoms with Gasteiger partial charge in [0.25, 0.3) is 0 Å². The monoisotopic (exact) mass is 214 g/mol. The van der Waals surface area contributed by atoms with Crippen LogP contribution in [0.15, 0.2) is 0 Å². The van der Waals surface area contributed by atoms with Gasteiger partial charge in [-0.05, 0) is 31.6 Å². The van der Waals surface area contributed by atoms with Crippen molar-refractivity contribution in [2.45, 2.75) is 44.7 Å². The number of hydrogen-bond acceptors (Lipinski definition) is 3. The van der Waals surface area contributed by atoms with Crippen LogP contribution in [-0.2, 0) is 9.53 Å². The van der Waals surface area contributed by atoms with Gasteiger partial charge in [0.05, 0.1) is 6.61 Å². The Bertz CT molecular complexity index is 201. The molecule has 1 atom stereocenters. The second-order valence-electron chi connectivity index (χ2n) is 4.53. The molecule has 0 aromatic heterocycles. The maximum Gasteiger partial charge on any atom is 0.239 e. The van der Waals surface area contributed by atoms with E-state index in [1.807, 2.05) is 0 Å². The first kappa shape index (κ1) is 12.5. The van der Waals surface area contributed by atoms with Crippen molar-refractivity contribution in [1.82, 2.24) is 5.32 Å². The van der Waals surface area contributed by atoms with Crippen molar-refractivity contribution >= 4 is 5.91 Å². The molecule has 4 nitrogen and oxygen atoms in total. The van der Waals surface area contributed by atoms with Crippen LogP contribution in [0.2, 0.25) is 0 Å². The smallest absolute Gasteiger partial charge is 0.239 e. The molecule has 15 heavy (non-hydrogen) atoms. The van der Waals surface area contributed by atoms with E-state index in [4.69, 9.17) is 10.5 Å². The molecule has 1 amide bonds. The number of methoxy groups -OCH3 is 1. The highest BCUT2D eigenvalue weighted by molar-refractivity contribution is 5.81. The van der Waals surface area contributed by atoms with Gasteiger partial charge in [0.15, 0.2) is 0 Å². The molecule has 0 aromatic carbocycles. The van der Waals surface area contributed by atoms with Crippen LogP contribution in [0.1, 0.15) is 32.6 Å². The summed E-state index contributed by atoms with van der Waals surface area (Å²) in [6.07, 6.45) is 4.55. The molecule has 0 saturated heterocycles. The molecule has 0 aromatic rings. The first-order valence-electron chi connectivity index (χ1n) is 5.68. The summed E-state index contributed by atoms with van der Waals surface area (Å²) in [6, 6.07) is -0.217. The van der Waals surface area contributed by atoms with Gasteiger partial charge in [-0.25, -0.2) is 0 Å². The molecule has 0 heterocycles. The zero-order chi connectivity index (χ0) is 11.3. The fourth-order valence-corrected chi connectivity index (χ4v) is 1.97. The average molecular weight is 214 g/mol. The predicted octanol–water partition coefficient (Wildman–Crippen LogP) is 0.655. The van der Waals surface area contributed by atoms with E-state index in [2.05, 4.69) is 12.2 Å². The average Bonchev–Trinajstić information content (AvgIpc) is 2.22. The molecule has 1 aliphatic rings.